The van der Waals surface area contributed by atoms with Gasteiger partial charge in [-0.3, -0.25) is 4.79 Å². The van der Waals surface area contributed by atoms with Crippen LogP contribution >= 0.6 is 11.8 Å². The molecule has 1 N–H and O–H groups in total. The second-order valence-corrected chi connectivity index (χ2v) is 7.88. The Bertz CT molecular complexity index is 1140. The lowest BCUT2D eigenvalue weighted by molar-refractivity contribution is 0.0940. The van der Waals surface area contributed by atoms with Crippen molar-refractivity contribution in [2.45, 2.75) is 22.9 Å². The highest BCUT2D eigenvalue weighted by Crippen LogP contribution is 2.33. The lowest BCUT2D eigenvalue weighted by Crippen LogP contribution is -2.26. The van der Waals surface area contributed by atoms with Gasteiger partial charge in [0.05, 0.1) is 6.04 Å². The molecule has 0 spiro atoms. The van der Waals surface area contributed by atoms with Crippen molar-refractivity contribution in [3.8, 4) is 11.6 Å². The van der Waals surface area contributed by atoms with Gasteiger partial charge in [0.2, 0.25) is 0 Å². The van der Waals surface area contributed by atoms with E-state index in [4.69, 9.17) is 4.74 Å². The molecule has 0 aliphatic heterocycles. The van der Waals surface area contributed by atoms with E-state index < -0.39 is 0 Å². The van der Waals surface area contributed by atoms with E-state index in [0.29, 0.717) is 22.2 Å². The number of aromatic nitrogens is 2. The number of nitrogens with zero attached hydrogens (tertiary/aromatic N) is 2. The van der Waals surface area contributed by atoms with Crippen molar-refractivity contribution >= 4 is 17.7 Å². The van der Waals surface area contributed by atoms with Gasteiger partial charge in [-0.05, 0) is 48.9 Å². The average Bonchev–Trinajstić information content (AvgIpc) is 2.82. The molecule has 0 radical (unpaired) electrons. The summed E-state index contributed by atoms with van der Waals surface area (Å²) in [5, 5.41) is 3.69. The van der Waals surface area contributed by atoms with E-state index in [9.17, 15) is 4.79 Å². The third kappa shape index (κ3) is 5.49. The summed E-state index contributed by atoms with van der Waals surface area (Å²) in [5.41, 5.74) is 1.62. The van der Waals surface area contributed by atoms with E-state index in [1.165, 1.54) is 11.8 Å². The average molecular weight is 428 g/mol. The van der Waals surface area contributed by atoms with Gasteiger partial charge in [-0.25, -0.2) is 9.97 Å². The summed E-state index contributed by atoms with van der Waals surface area (Å²) >= 11 is 1.48. The Morgan fingerprint density at radius 1 is 0.871 bits per heavy atom. The van der Waals surface area contributed by atoms with Gasteiger partial charge >= 0.3 is 0 Å². The number of carbonyl (C=O) groups is 1. The molecular weight excluding hydrogens is 406 g/mol. The highest BCUT2D eigenvalue weighted by molar-refractivity contribution is 7.99. The van der Waals surface area contributed by atoms with Crippen LogP contribution in [-0.2, 0) is 0 Å². The van der Waals surface area contributed by atoms with Crippen molar-refractivity contribution in [3.63, 3.8) is 0 Å². The standard InChI is InChI=1S/C25H21N3O2S/c1-18(19-8-4-2-5-9-19)28-23(29)20-12-14-21(15-13-20)30-24-25(27-17-16-26-24)31-22-10-6-3-7-11-22/h2-18H,1H3,(H,28,29)/t18-/m1/s1. The van der Waals surface area contributed by atoms with Gasteiger partial charge < -0.3 is 10.1 Å². The monoisotopic (exact) mass is 427 g/mol. The first kappa shape index (κ1) is 20.6. The molecule has 0 bridgehead atoms. The first-order valence-corrected chi connectivity index (χ1v) is 10.7. The minimum atomic E-state index is -0.136. The molecule has 6 heteroatoms. The molecule has 0 saturated heterocycles. The van der Waals surface area contributed by atoms with Crippen molar-refractivity contribution in [3.05, 3.63) is 108 Å². The highest BCUT2D eigenvalue weighted by Gasteiger charge is 2.13. The zero-order valence-electron chi connectivity index (χ0n) is 16.9. The largest absolute Gasteiger partial charge is 0.437 e. The molecule has 0 aliphatic rings. The molecular formula is C25H21N3O2S. The van der Waals surface area contributed by atoms with Crippen LogP contribution in [0.15, 0.2) is 107 Å². The Kier molecular flexibility index (Phi) is 6.59. The van der Waals surface area contributed by atoms with Gasteiger partial charge in [0.15, 0.2) is 5.03 Å². The third-order valence-electron chi connectivity index (χ3n) is 4.57. The smallest absolute Gasteiger partial charge is 0.252 e. The van der Waals surface area contributed by atoms with E-state index >= 15 is 0 Å². The fourth-order valence-electron chi connectivity index (χ4n) is 2.94. The molecule has 0 aliphatic carbocycles. The van der Waals surface area contributed by atoms with Gasteiger partial charge in [-0.2, -0.15) is 0 Å². The molecule has 1 heterocycles. The van der Waals surface area contributed by atoms with E-state index in [2.05, 4.69) is 15.3 Å². The van der Waals surface area contributed by atoms with Crippen LogP contribution in [0.4, 0.5) is 0 Å². The van der Waals surface area contributed by atoms with Crippen LogP contribution in [0.25, 0.3) is 0 Å². The Balaban J connectivity index is 1.43. The lowest BCUT2D eigenvalue weighted by Gasteiger charge is -2.14. The summed E-state index contributed by atoms with van der Waals surface area (Å²) in [6.45, 7) is 1.96. The molecule has 3 aromatic carbocycles. The quantitative estimate of drug-likeness (QED) is 0.397. The van der Waals surface area contributed by atoms with Crippen molar-refractivity contribution < 1.29 is 9.53 Å². The number of nitrogens with one attached hydrogen (secondary N) is 1. The summed E-state index contributed by atoms with van der Waals surface area (Å²) in [6.07, 6.45) is 3.23. The van der Waals surface area contributed by atoms with E-state index in [0.717, 1.165) is 10.5 Å². The van der Waals surface area contributed by atoms with Crippen molar-refractivity contribution in [2.24, 2.45) is 0 Å². The fraction of sp³-hybridized carbons (Fsp3) is 0.0800. The number of benzene rings is 3. The van der Waals surface area contributed by atoms with Crippen molar-refractivity contribution in [1.82, 2.24) is 15.3 Å². The second kappa shape index (κ2) is 9.91. The maximum absolute atomic E-state index is 12.6. The molecule has 0 unspecified atom stereocenters. The van der Waals surface area contributed by atoms with Crippen LogP contribution in [0.1, 0.15) is 28.9 Å². The van der Waals surface area contributed by atoms with Gasteiger partial charge in [-0.1, -0.05) is 60.3 Å². The van der Waals surface area contributed by atoms with Gasteiger partial charge in [0.25, 0.3) is 11.8 Å². The normalized spacial score (nSPS) is 11.5. The Labute approximate surface area is 185 Å². The molecule has 4 rings (SSSR count). The predicted molar refractivity (Wildman–Crippen MR) is 121 cm³/mol. The Morgan fingerprint density at radius 2 is 1.52 bits per heavy atom. The zero-order valence-corrected chi connectivity index (χ0v) is 17.8. The van der Waals surface area contributed by atoms with Crippen LogP contribution in [0.2, 0.25) is 0 Å². The van der Waals surface area contributed by atoms with Crippen LogP contribution < -0.4 is 10.1 Å². The van der Waals surface area contributed by atoms with Crippen LogP contribution in [0.3, 0.4) is 0 Å². The van der Waals surface area contributed by atoms with E-state index in [-0.39, 0.29) is 11.9 Å². The van der Waals surface area contributed by atoms with Crippen molar-refractivity contribution in [1.29, 1.82) is 0 Å². The summed E-state index contributed by atoms with van der Waals surface area (Å²) in [4.78, 5) is 22.3. The highest BCUT2D eigenvalue weighted by atomic mass is 32.2. The first-order valence-electron chi connectivity index (χ1n) is 9.87. The number of carbonyl (C=O) groups excluding carboxylic acids is 1. The van der Waals surface area contributed by atoms with Gasteiger partial charge in [0.1, 0.15) is 5.75 Å². The number of hydrogen-bond acceptors (Lipinski definition) is 5. The number of rotatable bonds is 7. The molecule has 1 amide bonds. The molecule has 31 heavy (non-hydrogen) atoms. The van der Waals surface area contributed by atoms with Crippen LogP contribution in [0.5, 0.6) is 11.6 Å². The maximum Gasteiger partial charge on any atom is 0.252 e. The fourth-order valence-corrected chi connectivity index (χ4v) is 3.76. The Morgan fingerprint density at radius 3 is 2.23 bits per heavy atom. The van der Waals surface area contributed by atoms with E-state index in [1.54, 1.807) is 36.7 Å². The van der Waals surface area contributed by atoms with Gasteiger partial charge in [-0.15, -0.1) is 0 Å². The Hall–Kier alpha value is -3.64. The summed E-state index contributed by atoms with van der Waals surface area (Å²) in [5.74, 6) is 0.872. The van der Waals surface area contributed by atoms with E-state index in [1.807, 2.05) is 67.6 Å². The number of ether oxygens (including phenoxy) is 1. The van der Waals surface area contributed by atoms with Crippen molar-refractivity contribution in [2.75, 3.05) is 0 Å². The maximum atomic E-state index is 12.6. The first-order chi connectivity index (χ1) is 15.2. The topological polar surface area (TPSA) is 64.1 Å². The summed E-state index contributed by atoms with van der Waals surface area (Å²) in [7, 11) is 0. The molecule has 154 valence electrons. The lowest BCUT2D eigenvalue weighted by atomic mass is 10.1. The molecule has 5 nitrogen and oxygen atoms in total. The molecule has 1 aromatic heterocycles. The molecule has 0 saturated carbocycles. The van der Waals surface area contributed by atoms with Gasteiger partial charge in [0, 0.05) is 22.9 Å². The molecule has 1 atom stereocenters. The number of amides is 1. The molecule has 0 fully saturated rings. The summed E-state index contributed by atoms with van der Waals surface area (Å²) in [6, 6.07) is 26.7. The minimum absolute atomic E-state index is 0.0817. The second-order valence-electron chi connectivity index (χ2n) is 6.81. The van der Waals surface area contributed by atoms with Crippen LogP contribution in [0, 0.1) is 0 Å². The zero-order chi connectivity index (χ0) is 21.5. The minimum Gasteiger partial charge on any atom is -0.437 e. The predicted octanol–water partition coefficient (Wildman–Crippen LogP) is 5.91. The number of hydrogen-bond donors (Lipinski definition) is 1. The SMILES string of the molecule is C[C@@H](NC(=O)c1ccc(Oc2nccnc2Sc2ccccc2)cc1)c1ccccc1. The summed E-state index contributed by atoms with van der Waals surface area (Å²) < 4.78 is 5.94. The van der Waals surface area contributed by atoms with Crippen LogP contribution in [-0.4, -0.2) is 15.9 Å². The molecule has 4 aromatic rings. The third-order valence-corrected chi connectivity index (χ3v) is 5.55.